The third-order valence-electron chi connectivity index (χ3n) is 6.35. The van der Waals surface area contributed by atoms with Gasteiger partial charge in [-0.05, 0) is 76.5 Å². The van der Waals surface area contributed by atoms with Gasteiger partial charge in [-0.2, -0.15) is 5.10 Å². The van der Waals surface area contributed by atoms with Crippen LogP contribution in [-0.2, 0) is 22.6 Å². The molecule has 0 unspecified atom stereocenters. The maximum atomic E-state index is 13.2. The van der Waals surface area contributed by atoms with Crippen molar-refractivity contribution in [1.82, 2.24) is 10.7 Å². The van der Waals surface area contributed by atoms with E-state index in [1.807, 2.05) is 66.7 Å². The maximum absolute atomic E-state index is 13.2. The van der Waals surface area contributed by atoms with E-state index in [2.05, 4.69) is 38.4 Å². The lowest BCUT2D eigenvalue weighted by molar-refractivity contribution is -0.132. The topological polar surface area (TPSA) is 98.2 Å². The quantitative estimate of drug-likeness (QED) is 0.0889. The molecule has 0 saturated heterocycles. The molecule has 0 heterocycles. The molecule has 0 aliphatic carbocycles. The molecule has 4 aromatic carbocycles. The Labute approximate surface area is 279 Å². The maximum Gasteiger partial charge on any atom is 0.262 e. The number of hydrogen-bond acceptors (Lipinski definition) is 6. The van der Waals surface area contributed by atoms with Crippen LogP contribution in [0.5, 0.6) is 17.2 Å². The highest BCUT2D eigenvalue weighted by atomic mass is 127. The van der Waals surface area contributed by atoms with Gasteiger partial charge in [0, 0.05) is 11.4 Å². The first-order valence-electron chi connectivity index (χ1n) is 13.6. The first kappa shape index (κ1) is 33.1. The SMILES string of the molecule is COc1cc(/C=N\NC(=O)[C@@H](Cc2ccccc2)NC(=O)[C@H](C)Oc2ccc(Cl)cc2Cl)cc(I)c1OCc1ccccc1. The number of methoxy groups -OCH3 is 1. The zero-order chi connectivity index (χ0) is 31.5. The Morgan fingerprint density at radius 1 is 0.909 bits per heavy atom. The minimum Gasteiger partial charge on any atom is -0.493 e. The Balaban J connectivity index is 1.43. The second-order valence-electron chi connectivity index (χ2n) is 9.63. The fraction of sp³-hybridized carbons (Fsp3) is 0.182. The van der Waals surface area contributed by atoms with Crippen LogP contribution in [0.4, 0.5) is 0 Å². The smallest absolute Gasteiger partial charge is 0.262 e. The fourth-order valence-corrected chi connectivity index (χ4v) is 5.33. The summed E-state index contributed by atoms with van der Waals surface area (Å²) in [5.74, 6) is 0.444. The van der Waals surface area contributed by atoms with Gasteiger partial charge in [-0.3, -0.25) is 9.59 Å². The van der Waals surface area contributed by atoms with Crippen LogP contribution in [0.15, 0.2) is 96.1 Å². The van der Waals surface area contributed by atoms with E-state index in [9.17, 15) is 9.59 Å². The molecule has 2 atom stereocenters. The van der Waals surface area contributed by atoms with Gasteiger partial charge in [0.2, 0.25) is 0 Å². The van der Waals surface area contributed by atoms with E-state index in [1.165, 1.54) is 12.3 Å². The molecular weight excluding hydrogens is 716 g/mol. The third-order valence-corrected chi connectivity index (χ3v) is 7.68. The molecule has 0 bridgehead atoms. The Kier molecular flexibility index (Phi) is 12.3. The van der Waals surface area contributed by atoms with E-state index in [1.54, 1.807) is 32.2 Å². The summed E-state index contributed by atoms with van der Waals surface area (Å²) in [7, 11) is 1.56. The largest absolute Gasteiger partial charge is 0.493 e. The van der Waals surface area contributed by atoms with Crippen LogP contribution >= 0.6 is 45.8 Å². The molecule has 44 heavy (non-hydrogen) atoms. The number of carbonyl (C=O) groups is 2. The zero-order valence-corrected chi connectivity index (χ0v) is 27.6. The summed E-state index contributed by atoms with van der Waals surface area (Å²) in [6.45, 7) is 1.96. The van der Waals surface area contributed by atoms with Crippen LogP contribution in [0, 0.1) is 3.57 Å². The van der Waals surface area contributed by atoms with Crippen molar-refractivity contribution in [3.8, 4) is 17.2 Å². The minimum absolute atomic E-state index is 0.238. The molecule has 0 saturated carbocycles. The number of ether oxygens (including phenoxy) is 3. The van der Waals surface area contributed by atoms with E-state index < -0.39 is 24.0 Å². The summed E-state index contributed by atoms with van der Waals surface area (Å²) in [4.78, 5) is 26.3. The van der Waals surface area contributed by atoms with Crippen LogP contribution in [-0.4, -0.2) is 37.3 Å². The highest BCUT2D eigenvalue weighted by Gasteiger charge is 2.25. The molecule has 228 valence electrons. The van der Waals surface area contributed by atoms with Crippen LogP contribution in [0.3, 0.4) is 0 Å². The van der Waals surface area contributed by atoms with Gasteiger partial charge in [0.15, 0.2) is 17.6 Å². The average Bonchev–Trinajstić information content (AvgIpc) is 3.02. The average molecular weight is 746 g/mol. The normalized spacial score (nSPS) is 12.3. The fourth-order valence-electron chi connectivity index (χ4n) is 4.10. The lowest BCUT2D eigenvalue weighted by atomic mass is 10.1. The van der Waals surface area contributed by atoms with Crippen LogP contribution in [0.25, 0.3) is 0 Å². The van der Waals surface area contributed by atoms with Crippen molar-refractivity contribution in [1.29, 1.82) is 0 Å². The summed E-state index contributed by atoms with van der Waals surface area (Å²) >= 11 is 14.3. The number of nitrogens with zero attached hydrogens (tertiary/aromatic N) is 1. The van der Waals surface area contributed by atoms with Gasteiger partial charge >= 0.3 is 0 Å². The molecule has 0 aromatic heterocycles. The number of hydrogen-bond donors (Lipinski definition) is 2. The van der Waals surface area contributed by atoms with E-state index >= 15 is 0 Å². The second-order valence-corrected chi connectivity index (χ2v) is 11.6. The number of nitrogens with one attached hydrogen (secondary N) is 2. The van der Waals surface area contributed by atoms with E-state index in [0.29, 0.717) is 34.4 Å². The number of amides is 2. The lowest BCUT2D eigenvalue weighted by Gasteiger charge is -2.21. The predicted octanol–water partition coefficient (Wildman–Crippen LogP) is 6.83. The number of hydrazone groups is 1. The number of rotatable bonds is 13. The summed E-state index contributed by atoms with van der Waals surface area (Å²) in [5, 5.41) is 7.63. The van der Waals surface area contributed by atoms with E-state index in [0.717, 1.165) is 14.7 Å². The van der Waals surface area contributed by atoms with Crippen molar-refractivity contribution in [3.05, 3.63) is 121 Å². The summed E-state index contributed by atoms with van der Waals surface area (Å²) < 4.78 is 18.1. The van der Waals surface area contributed by atoms with Gasteiger partial charge in [-0.15, -0.1) is 0 Å². The summed E-state index contributed by atoms with van der Waals surface area (Å²) in [6, 6.07) is 26.6. The molecule has 4 rings (SSSR count). The second kappa shape index (κ2) is 16.3. The number of carbonyl (C=O) groups excluding carboxylic acids is 2. The van der Waals surface area contributed by atoms with E-state index in [-0.39, 0.29) is 11.4 Å². The van der Waals surface area contributed by atoms with Gasteiger partial charge in [-0.25, -0.2) is 5.43 Å². The molecule has 8 nitrogen and oxygen atoms in total. The molecule has 0 aliphatic heterocycles. The minimum atomic E-state index is -0.944. The van der Waals surface area contributed by atoms with Gasteiger partial charge in [-0.1, -0.05) is 83.9 Å². The molecule has 0 aliphatic rings. The van der Waals surface area contributed by atoms with Crippen molar-refractivity contribution in [2.45, 2.75) is 32.1 Å². The van der Waals surface area contributed by atoms with Crippen LogP contribution in [0.2, 0.25) is 10.0 Å². The standard InChI is InChI=1S/C33H30Cl2IN3O5/c1-21(44-29-14-13-25(34)18-26(29)35)32(40)38-28(16-22-9-5-3-6-10-22)33(41)39-37-19-24-15-27(36)31(30(17-24)42-2)43-20-23-11-7-4-8-12-23/h3-15,17-19,21,28H,16,20H2,1-2H3,(H,38,40)(H,39,41)/b37-19-/t21-,28+/m0/s1. The molecule has 0 radical (unpaired) electrons. The van der Waals surface area contributed by atoms with Gasteiger partial charge in [0.1, 0.15) is 18.4 Å². The van der Waals surface area contributed by atoms with Crippen LogP contribution < -0.4 is 25.0 Å². The summed E-state index contributed by atoms with van der Waals surface area (Å²) in [6.07, 6.45) is 0.793. The monoisotopic (exact) mass is 745 g/mol. The third kappa shape index (κ3) is 9.60. The highest BCUT2D eigenvalue weighted by Crippen LogP contribution is 2.34. The molecule has 0 fully saturated rings. The highest BCUT2D eigenvalue weighted by molar-refractivity contribution is 14.1. The van der Waals surface area contributed by atoms with Crippen LogP contribution in [0.1, 0.15) is 23.6 Å². The Morgan fingerprint density at radius 2 is 1.59 bits per heavy atom. The Hall–Kier alpha value is -3.80. The first-order valence-corrected chi connectivity index (χ1v) is 15.4. The Morgan fingerprint density at radius 3 is 2.25 bits per heavy atom. The zero-order valence-electron chi connectivity index (χ0n) is 23.9. The molecular formula is C33H30Cl2IN3O5. The van der Waals surface area contributed by atoms with Crippen molar-refractivity contribution >= 4 is 63.8 Å². The van der Waals surface area contributed by atoms with Crippen molar-refractivity contribution in [2.24, 2.45) is 5.10 Å². The van der Waals surface area contributed by atoms with Crippen molar-refractivity contribution in [2.75, 3.05) is 7.11 Å². The molecule has 4 aromatic rings. The summed E-state index contributed by atoms with van der Waals surface area (Å²) in [5.41, 5.74) is 5.12. The van der Waals surface area contributed by atoms with Gasteiger partial charge < -0.3 is 19.5 Å². The number of halogens is 3. The van der Waals surface area contributed by atoms with Crippen molar-refractivity contribution in [3.63, 3.8) is 0 Å². The lowest BCUT2D eigenvalue weighted by Crippen LogP contribution is -2.50. The first-order chi connectivity index (χ1) is 21.2. The molecule has 2 amide bonds. The molecule has 0 spiro atoms. The molecule has 11 heteroatoms. The Bertz CT molecular complexity index is 1610. The van der Waals surface area contributed by atoms with Gasteiger partial charge in [0.25, 0.3) is 11.8 Å². The number of benzene rings is 4. The predicted molar refractivity (Wildman–Crippen MR) is 181 cm³/mol. The van der Waals surface area contributed by atoms with Gasteiger partial charge in [0.05, 0.1) is 21.9 Å². The van der Waals surface area contributed by atoms with E-state index in [4.69, 9.17) is 37.4 Å². The molecule has 2 N–H and O–H groups in total. The van der Waals surface area contributed by atoms with Crippen molar-refractivity contribution < 1.29 is 23.8 Å².